The van der Waals surface area contributed by atoms with Gasteiger partial charge in [-0.1, -0.05) is 12.1 Å². The van der Waals surface area contributed by atoms with Crippen LogP contribution in [-0.2, 0) is 4.79 Å². The van der Waals surface area contributed by atoms with Gasteiger partial charge in [-0.15, -0.1) is 0 Å². The molecular weight excluding hydrogens is 285 g/mol. The van der Waals surface area contributed by atoms with E-state index in [0.29, 0.717) is 17.0 Å². The van der Waals surface area contributed by atoms with E-state index in [4.69, 9.17) is 4.74 Å². The van der Waals surface area contributed by atoms with Crippen LogP contribution in [0.1, 0.15) is 18.5 Å². The molecule has 0 aliphatic rings. The number of hydrogen-bond acceptors (Lipinski definition) is 4. The maximum Gasteiger partial charge on any atom is 0.160 e. The highest BCUT2D eigenvalue weighted by Gasteiger charge is 2.25. The molecular formula is C17H18FNO3. The van der Waals surface area contributed by atoms with Crippen LogP contribution in [0.25, 0.3) is 0 Å². The molecule has 0 fully saturated rings. The van der Waals surface area contributed by atoms with Crippen molar-refractivity contribution in [3.05, 3.63) is 59.9 Å². The van der Waals surface area contributed by atoms with Gasteiger partial charge >= 0.3 is 0 Å². The predicted octanol–water partition coefficient (Wildman–Crippen LogP) is 2.94. The summed E-state index contributed by atoms with van der Waals surface area (Å²) >= 11 is 0. The number of halogens is 1. The summed E-state index contributed by atoms with van der Waals surface area (Å²) in [5.74, 6) is -0.120. The maximum atomic E-state index is 13.4. The van der Waals surface area contributed by atoms with Crippen molar-refractivity contribution in [1.29, 1.82) is 0 Å². The summed E-state index contributed by atoms with van der Waals surface area (Å²) < 4.78 is 18.5. The zero-order valence-electron chi connectivity index (χ0n) is 12.4. The van der Waals surface area contributed by atoms with Gasteiger partial charge in [-0.3, -0.25) is 4.79 Å². The minimum absolute atomic E-state index is 0.393. The lowest BCUT2D eigenvalue weighted by Gasteiger charge is -2.24. The van der Waals surface area contributed by atoms with Crippen molar-refractivity contribution >= 4 is 11.5 Å². The summed E-state index contributed by atoms with van der Waals surface area (Å²) in [5, 5.41) is 13.2. The van der Waals surface area contributed by atoms with Crippen LogP contribution in [-0.4, -0.2) is 24.1 Å². The van der Waals surface area contributed by atoms with Crippen LogP contribution in [0.3, 0.4) is 0 Å². The summed E-state index contributed by atoms with van der Waals surface area (Å²) in [6, 6.07) is 12.1. The third kappa shape index (κ3) is 3.83. The van der Waals surface area contributed by atoms with E-state index < -0.39 is 23.7 Å². The average Bonchev–Trinajstić information content (AvgIpc) is 2.52. The quantitative estimate of drug-likeness (QED) is 0.861. The first kappa shape index (κ1) is 16.0. The second-order valence-corrected chi connectivity index (χ2v) is 4.96. The topological polar surface area (TPSA) is 58.6 Å². The van der Waals surface area contributed by atoms with Gasteiger partial charge in [-0.2, -0.15) is 0 Å². The average molecular weight is 303 g/mol. The molecule has 5 heteroatoms. The van der Waals surface area contributed by atoms with Crippen LogP contribution in [0.4, 0.5) is 10.1 Å². The van der Waals surface area contributed by atoms with Gasteiger partial charge in [0.25, 0.3) is 0 Å². The molecule has 2 rings (SSSR count). The number of Topliss-reactive ketones (excluding diaryl/α,β-unsaturated/α-hetero) is 1. The minimum atomic E-state index is -1.27. The first-order valence-electron chi connectivity index (χ1n) is 6.86. The Bertz CT molecular complexity index is 643. The van der Waals surface area contributed by atoms with E-state index in [9.17, 15) is 14.3 Å². The fourth-order valence-electron chi connectivity index (χ4n) is 2.15. The Kier molecular flexibility index (Phi) is 5.12. The minimum Gasteiger partial charge on any atom is -0.497 e. The number of hydrogen-bond donors (Lipinski definition) is 2. The molecule has 0 aromatic heterocycles. The molecule has 2 atom stereocenters. The Balaban J connectivity index is 2.29. The molecule has 0 amide bonds. The van der Waals surface area contributed by atoms with E-state index in [-0.39, 0.29) is 0 Å². The molecule has 0 bridgehead atoms. The largest absolute Gasteiger partial charge is 0.497 e. The number of anilines is 1. The standard InChI is InChI=1S/C17H18FNO3/c1-11(20)17(21)16(12-4-3-5-13(18)10-12)19-14-6-8-15(22-2)9-7-14/h3-10,16-17,19,21H,1-2H3/t16-,17-/m1/s1. The second kappa shape index (κ2) is 7.04. The molecule has 4 nitrogen and oxygen atoms in total. The lowest BCUT2D eigenvalue weighted by Crippen LogP contribution is -2.31. The number of ketones is 1. The summed E-state index contributed by atoms with van der Waals surface area (Å²) in [5.41, 5.74) is 1.19. The van der Waals surface area contributed by atoms with Gasteiger partial charge < -0.3 is 15.2 Å². The molecule has 0 aliphatic carbocycles. The molecule has 0 heterocycles. The van der Waals surface area contributed by atoms with E-state index in [2.05, 4.69) is 5.32 Å². The van der Waals surface area contributed by atoms with Crippen LogP contribution in [0.5, 0.6) is 5.75 Å². The lowest BCUT2D eigenvalue weighted by atomic mass is 9.98. The molecule has 0 spiro atoms. The van der Waals surface area contributed by atoms with Crippen LogP contribution >= 0.6 is 0 Å². The fourth-order valence-corrected chi connectivity index (χ4v) is 2.15. The van der Waals surface area contributed by atoms with Crippen molar-refractivity contribution in [2.75, 3.05) is 12.4 Å². The zero-order chi connectivity index (χ0) is 16.1. The highest BCUT2D eigenvalue weighted by atomic mass is 19.1. The van der Waals surface area contributed by atoms with Crippen molar-refractivity contribution in [1.82, 2.24) is 0 Å². The Morgan fingerprint density at radius 2 is 1.91 bits per heavy atom. The van der Waals surface area contributed by atoms with Crippen molar-refractivity contribution in [3.63, 3.8) is 0 Å². The number of aliphatic hydroxyl groups excluding tert-OH is 1. The molecule has 0 unspecified atom stereocenters. The van der Waals surface area contributed by atoms with Crippen molar-refractivity contribution in [2.45, 2.75) is 19.1 Å². The van der Waals surface area contributed by atoms with Crippen LogP contribution in [0, 0.1) is 5.82 Å². The Morgan fingerprint density at radius 1 is 1.23 bits per heavy atom. The van der Waals surface area contributed by atoms with Crippen LogP contribution < -0.4 is 10.1 Å². The Morgan fingerprint density at radius 3 is 2.45 bits per heavy atom. The molecule has 22 heavy (non-hydrogen) atoms. The molecule has 0 saturated carbocycles. The van der Waals surface area contributed by atoms with Gasteiger partial charge in [-0.25, -0.2) is 4.39 Å². The van der Waals surface area contributed by atoms with E-state index in [0.717, 1.165) is 0 Å². The molecule has 2 aromatic carbocycles. The number of aliphatic hydroxyl groups is 1. The second-order valence-electron chi connectivity index (χ2n) is 4.96. The smallest absolute Gasteiger partial charge is 0.160 e. The number of carbonyl (C=O) groups is 1. The van der Waals surface area contributed by atoms with E-state index in [1.807, 2.05) is 0 Å². The SMILES string of the molecule is COc1ccc(N[C@H](c2cccc(F)c2)[C@H](O)C(C)=O)cc1. The molecule has 0 aliphatic heterocycles. The van der Waals surface area contributed by atoms with Gasteiger partial charge in [0.15, 0.2) is 5.78 Å². The third-order valence-corrected chi connectivity index (χ3v) is 3.35. The fraction of sp³-hybridized carbons (Fsp3) is 0.235. The van der Waals surface area contributed by atoms with Gasteiger partial charge in [0, 0.05) is 5.69 Å². The Hall–Kier alpha value is -2.40. The van der Waals surface area contributed by atoms with Crippen molar-refractivity contribution in [3.8, 4) is 5.75 Å². The number of ether oxygens (including phenoxy) is 1. The highest BCUT2D eigenvalue weighted by molar-refractivity contribution is 5.81. The molecule has 116 valence electrons. The molecule has 2 N–H and O–H groups in total. The van der Waals surface area contributed by atoms with E-state index in [1.165, 1.54) is 19.1 Å². The number of carbonyl (C=O) groups excluding carboxylic acids is 1. The molecule has 0 saturated heterocycles. The number of nitrogens with one attached hydrogen (secondary N) is 1. The monoisotopic (exact) mass is 303 g/mol. The highest BCUT2D eigenvalue weighted by Crippen LogP contribution is 2.25. The lowest BCUT2D eigenvalue weighted by molar-refractivity contribution is -0.125. The number of benzene rings is 2. The van der Waals surface area contributed by atoms with Gasteiger partial charge in [0.1, 0.15) is 17.7 Å². The summed E-state index contributed by atoms with van der Waals surface area (Å²) in [6.45, 7) is 1.30. The summed E-state index contributed by atoms with van der Waals surface area (Å²) in [4.78, 5) is 11.5. The predicted molar refractivity (Wildman–Crippen MR) is 82.4 cm³/mol. The van der Waals surface area contributed by atoms with Crippen LogP contribution in [0.2, 0.25) is 0 Å². The van der Waals surface area contributed by atoms with E-state index in [1.54, 1.807) is 43.5 Å². The number of methoxy groups -OCH3 is 1. The van der Waals surface area contributed by atoms with Crippen molar-refractivity contribution < 1.29 is 19.0 Å². The summed E-state index contributed by atoms with van der Waals surface area (Å²) in [7, 11) is 1.57. The van der Waals surface area contributed by atoms with Gasteiger partial charge in [-0.05, 0) is 48.9 Å². The third-order valence-electron chi connectivity index (χ3n) is 3.35. The summed E-state index contributed by atoms with van der Waals surface area (Å²) in [6.07, 6.45) is -1.27. The van der Waals surface area contributed by atoms with Crippen LogP contribution in [0.15, 0.2) is 48.5 Å². The van der Waals surface area contributed by atoms with Gasteiger partial charge in [0.2, 0.25) is 0 Å². The first-order valence-corrected chi connectivity index (χ1v) is 6.86. The van der Waals surface area contributed by atoms with E-state index >= 15 is 0 Å². The maximum absolute atomic E-state index is 13.4. The zero-order valence-corrected chi connectivity index (χ0v) is 12.4. The molecule has 0 radical (unpaired) electrons. The number of rotatable bonds is 6. The first-order chi connectivity index (χ1) is 10.5. The van der Waals surface area contributed by atoms with Gasteiger partial charge in [0.05, 0.1) is 13.2 Å². The molecule has 2 aromatic rings. The Labute approximate surface area is 128 Å². The normalized spacial score (nSPS) is 13.3. The van der Waals surface area contributed by atoms with Crippen molar-refractivity contribution in [2.24, 2.45) is 0 Å².